The Balaban J connectivity index is 1.97. The van der Waals surface area contributed by atoms with E-state index in [1.165, 1.54) is 4.31 Å². The molecule has 1 amide bonds. The molecule has 20 heavy (non-hydrogen) atoms. The van der Waals surface area contributed by atoms with Gasteiger partial charge in [0.1, 0.15) is 6.04 Å². The van der Waals surface area contributed by atoms with Crippen LogP contribution in [-0.4, -0.2) is 44.3 Å². The maximum absolute atomic E-state index is 12.7. The van der Waals surface area contributed by atoms with Crippen LogP contribution in [0.4, 0.5) is 5.69 Å². The molecule has 0 bridgehead atoms. The Morgan fingerprint density at radius 2 is 2.05 bits per heavy atom. The summed E-state index contributed by atoms with van der Waals surface area (Å²) in [4.78, 5) is 11.9. The van der Waals surface area contributed by atoms with Crippen LogP contribution < -0.4 is 10.6 Å². The van der Waals surface area contributed by atoms with Gasteiger partial charge in [-0.1, -0.05) is 6.07 Å². The van der Waals surface area contributed by atoms with Gasteiger partial charge >= 0.3 is 0 Å². The maximum Gasteiger partial charge on any atom is 0.243 e. The standard InChI is InChI=1S/C13H17N3O3S/c1-9-13(17)15-6-7-16(9)20(18,19)11-3-2-10-4-5-14-12(10)8-11/h2-3,8-9,14H,4-7H2,1H3,(H,15,17). The van der Waals surface area contributed by atoms with Crippen molar-refractivity contribution in [3.05, 3.63) is 23.8 Å². The molecule has 1 aromatic rings. The van der Waals surface area contributed by atoms with Gasteiger partial charge in [0.05, 0.1) is 4.90 Å². The number of fused-ring (bicyclic) bond motifs is 1. The van der Waals surface area contributed by atoms with Crippen molar-refractivity contribution in [1.29, 1.82) is 0 Å². The van der Waals surface area contributed by atoms with Gasteiger partial charge in [-0.3, -0.25) is 4.79 Å². The number of nitrogens with one attached hydrogen (secondary N) is 2. The molecule has 1 aromatic carbocycles. The van der Waals surface area contributed by atoms with E-state index in [0.29, 0.717) is 13.1 Å². The number of hydrogen-bond acceptors (Lipinski definition) is 4. The lowest BCUT2D eigenvalue weighted by Gasteiger charge is -2.31. The lowest BCUT2D eigenvalue weighted by atomic mass is 10.2. The van der Waals surface area contributed by atoms with Crippen molar-refractivity contribution in [2.75, 3.05) is 25.0 Å². The molecule has 6 nitrogen and oxygen atoms in total. The number of rotatable bonds is 2. The van der Waals surface area contributed by atoms with Gasteiger partial charge in [0.2, 0.25) is 15.9 Å². The highest BCUT2D eigenvalue weighted by Gasteiger charge is 2.35. The highest BCUT2D eigenvalue weighted by atomic mass is 32.2. The first-order valence-corrected chi connectivity index (χ1v) is 8.10. The van der Waals surface area contributed by atoms with Crippen LogP contribution in [0.25, 0.3) is 0 Å². The SMILES string of the molecule is CC1C(=O)NCCN1S(=O)(=O)c1ccc2c(c1)NCC2. The molecule has 7 heteroatoms. The van der Waals surface area contributed by atoms with Crippen LogP contribution in [0.15, 0.2) is 23.1 Å². The van der Waals surface area contributed by atoms with E-state index in [-0.39, 0.29) is 10.8 Å². The van der Waals surface area contributed by atoms with E-state index in [1.54, 1.807) is 19.1 Å². The summed E-state index contributed by atoms with van der Waals surface area (Å²) in [6.45, 7) is 3.10. The molecule has 2 heterocycles. The van der Waals surface area contributed by atoms with Crippen LogP contribution in [0.5, 0.6) is 0 Å². The zero-order chi connectivity index (χ0) is 14.3. The van der Waals surface area contributed by atoms with Gasteiger partial charge in [-0.2, -0.15) is 4.31 Å². The van der Waals surface area contributed by atoms with E-state index in [4.69, 9.17) is 0 Å². The quantitative estimate of drug-likeness (QED) is 0.815. The number of piperazine rings is 1. The minimum Gasteiger partial charge on any atom is -0.384 e. The van der Waals surface area contributed by atoms with Gasteiger partial charge in [-0.05, 0) is 31.0 Å². The van der Waals surface area contributed by atoms with Gasteiger partial charge in [0.15, 0.2) is 0 Å². The second-order valence-corrected chi connectivity index (χ2v) is 6.97. The number of carbonyl (C=O) groups is 1. The highest BCUT2D eigenvalue weighted by molar-refractivity contribution is 7.89. The van der Waals surface area contributed by atoms with Crippen molar-refractivity contribution in [3.63, 3.8) is 0 Å². The van der Waals surface area contributed by atoms with E-state index < -0.39 is 16.1 Å². The van der Waals surface area contributed by atoms with E-state index >= 15 is 0 Å². The van der Waals surface area contributed by atoms with Crippen LogP contribution in [0.3, 0.4) is 0 Å². The first-order chi connectivity index (χ1) is 9.50. The summed E-state index contributed by atoms with van der Waals surface area (Å²) in [5.41, 5.74) is 2.01. The van der Waals surface area contributed by atoms with Gasteiger partial charge < -0.3 is 10.6 Å². The second-order valence-electron chi connectivity index (χ2n) is 5.08. The van der Waals surface area contributed by atoms with Crippen LogP contribution in [-0.2, 0) is 21.2 Å². The number of carbonyl (C=O) groups excluding carboxylic acids is 1. The Morgan fingerprint density at radius 1 is 1.25 bits per heavy atom. The summed E-state index contributed by atoms with van der Waals surface area (Å²) < 4.78 is 26.6. The molecule has 108 valence electrons. The summed E-state index contributed by atoms with van der Waals surface area (Å²) >= 11 is 0. The molecule has 0 saturated carbocycles. The molecule has 2 aliphatic rings. The summed E-state index contributed by atoms with van der Waals surface area (Å²) in [5.74, 6) is -0.251. The van der Waals surface area contributed by atoms with E-state index in [1.807, 2.05) is 6.07 Å². The van der Waals surface area contributed by atoms with Crippen molar-refractivity contribution in [2.24, 2.45) is 0 Å². The summed E-state index contributed by atoms with van der Waals surface area (Å²) in [6, 6.07) is 4.46. The summed E-state index contributed by atoms with van der Waals surface area (Å²) in [7, 11) is -3.63. The first-order valence-electron chi connectivity index (χ1n) is 6.66. The number of anilines is 1. The smallest absolute Gasteiger partial charge is 0.243 e. The molecule has 1 saturated heterocycles. The fourth-order valence-electron chi connectivity index (χ4n) is 2.66. The largest absolute Gasteiger partial charge is 0.384 e. The third-order valence-electron chi connectivity index (χ3n) is 3.84. The zero-order valence-corrected chi connectivity index (χ0v) is 12.0. The summed E-state index contributed by atoms with van der Waals surface area (Å²) in [6.07, 6.45) is 0.915. The molecule has 0 aliphatic carbocycles. The van der Waals surface area contributed by atoms with Crippen LogP contribution in [0.1, 0.15) is 12.5 Å². The third kappa shape index (κ3) is 2.06. The lowest BCUT2D eigenvalue weighted by Crippen LogP contribution is -2.55. The molecule has 0 radical (unpaired) electrons. The molecular formula is C13H17N3O3S. The van der Waals surface area contributed by atoms with E-state index in [0.717, 1.165) is 24.2 Å². The molecule has 0 aromatic heterocycles. The average molecular weight is 295 g/mol. The second kappa shape index (κ2) is 4.75. The van der Waals surface area contributed by atoms with Gasteiger partial charge in [0, 0.05) is 25.3 Å². The predicted molar refractivity (Wildman–Crippen MR) is 75.0 cm³/mol. The molecule has 1 atom stereocenters. The number of amides is 1. The predicted octanol–water partition coefficient (Wildman–Crippen LogP) is 0.164. The van der Waals surface area contributed by atoms with E-state index in [2.05, 4.69) is 10.6 Å². The molecule has 2 aliphatic heterocycles. The average Bonchev–Trinajstić information content (AvgIpc) is 2.89. The van der Waals surface area contributed by atoms with Gasteiger partial charge in [-0.15, -0.1) is 0 Å². The topological polar surface area (TPSA) is 78.5 Å². The van der Waals surface area contributed by atoms with Crippen molar-refractivity contribution >= 4 is 21.6 Å². The van der Waals surface area contributed by atoms with Crippen LogP contribution >= 0.6 is 0 Å². The molecule has 3 rings (SSSR count). The fraction of sp³-hybridized carbons (Fsp3) is 0.462. The Hall–Kier alpha value is -1.60. The number of sulfonamides is 1. The molecule has 0 spiro atoms. The van der Waals surface area contributed by atoms with Crippen LogP contribution in [0.2, 0.25) is 0 Å². The first kappa shape index (κ1) is 13.4. The minimum absolute atomic E-state index is 0.243. The van der Waals surface area contributed by atoms with E-state index in [9.17, 15) is 13.2 Å². The Bertz CT molecular complexity index is 657. The van der Waals surface area contributed by atoms with Crippen molar-refractivity contribution in [3.8, 4) is 0 Å². The van der Waals surface area contributed by atoms with Crippen molar-refractivity contribution < 1.29 is 13.2 Å². The van der Waals surface area contributed by atoms with Crippen LogP contribution in [0, 0.1) is 0 Å². The Kier molecular flexibility index (Phi) is 3.18. The van der Waals surface area contributed by atoms with Crippen molar-refractivity contribution in [1.82, 2.24) is 9.62 Å². The normalized spacial score (nSPS) is 23.1. The minimum atomic E-state index is -3.63. The monoisotopic (exact) mass is 295 g/mol. The maximum atomic E-state index is 12.7. The number of benzene rings is 1. The Labute approximate surface area is 118 Å². The molecule has 2 N–H and O–H groups in total. The third-order valence-corrected chi connectivity index (χ3v) is 5.81. The highest BCUT2D eigenvalue weighted by Crippen LogP contribution is 2.28. The lowest BCUT2D eigenvalue weighted by molar-refractivity contribution is -0.126. The molecular weight excluding hydrogens is 278 g/mol. The molecule has 1 fully saturated rings. The fourth-order valence-corrected chi connectivity index (χ4v) is 4.28. The Morgan fingerprint density at radius 3 is 2.85 bits per heavy atom. The number of nitrogens with zero attached hydrogens (tertiary/aromatic N) is 1. The van der Waals surface area contributed by atoms with Gasteiger partial charge in [0.25, 0.3) is 0 Å². The van der Waals surface area contributed by atoms with Crippen molar-refractivity contribution in [2.45, 2.75) is 24.3 Å². The molecule has 1 unspecified atom stereocenters. The number of hydrogen-bond donors (Lipinski definition) is 2. The zero-order valence-electron chi connectivity index (χ0n) is 11.2. The summed E-state index contributed by atoms with van der Waals surface area (Å²) in [5, 5.41) is 5.84. The van der Waals surface area contributed by atoms with Gasteiger partial charge in [-0.25, -0.2) is 8.42 Å².